The lowest BCUT2D eigenvalue weighted by molar-refractivity contribution is -0.116. The van der Waals surface area contributed by atoms with Gasteiger partial charge in [0.2, 0.25) is 0 Å². The summed E-state index contributed by atoms with van der Waals surface area (Å²) in [5.74, 6) is -0.381. The van der Waals surface area contributed by atoms with Crippen LogP contribution in [0.25, 0.3) is 0 Å². The standard InChI is InChI=1S/C22H19FN4O3S/c1-26-19-18(21(29)27(22(26)30)13-15-5-3-2-4-6-15)31-17(12-24-19)20(28)25-11-14-7-9-16(23)10-8-14/h2-10,12,24H,11,13H2,1H3,(H,25,28). The van der Waals surface area contributed by atoms with Crippen LogP contribution in [0.1, 0.15) is 11.1 Å². The average Bonchev–Trinajstić information content (AvgIpc) is 2.80. The number of rotatable bonds is 5. The van der Waals surface area contributed by atoms with E-state index in [0.717, 1.165) is 27.5 Å². The second-order valence-electron chi connectivity index (χ2n) is 6.96. The highest BCUT2D eigenvalue weighted by atomic mass is 32.2. The number of amides is 1. The van der Waals surface area contributed by atoms with Crippen LogP contribution in [0.15, 0.2) is 80.2 Å². The number of hydrogen-bond acceptors (Lipinski definition) is 5. The van der Waals surface area contributed by atoms with E-state index >= 15 is 0 Å². The maximum absolute atomic E-state index is 13.1. The summed E-state index contributed by atoms with van der Waals surface area (Å²) in [6.07, 6.45) is 1.47. The molecule has 4 rings (SSSR count). The second kappa shape index (κ2) is 8.65. The molecule has 0 saturated heterocycles. The molecular formula is C22H19FN4O3S. The Hall–Kier alpha value is -3.59. The molecule has 1 aliphatic heterocycles. The zero-order chi connectivity index (χ0) is 22.0. The number of anilines is 1. The minimum absolute atomic E-state index is 0.135. The zero-order valence-corrected chi connectivity index (χ0v) is 17.4. The molecule has 0 spiro atoms. The van der Waals surface area contributed by atoms with Crippen molar-refractivity contribution in [1.29, 1.82) is 0 Å². The zero-order valence-electron chi connectivity index (χ0n) is 16.6. The van der Waals surface area contributed by atoms with E-state index in [1.165, 1.54) is 22.9 Å². The van der Waals surface area contributed by atoms with Gasteiger partial charge in [-0.3, -0.25) is 18.7 Å². The molecule has 0 bridgehead atoms. The third-order valence-electron chi connectivity index (χ3n) is 4.83. The summed E-state index contributed by atoms with van der Waals surface area (Å²) in [4.78, 5) is 38.9. The minimum atomic E-state index is -0.462. The molecule has 0 atom stereocenters. The Bertz CT molecular complexity index is 1280. The smallest absolute Gasteiger partial charge is 0.332 e. The normalized spacial score (nSPS) is 12.5. The molecule has 2 aromatic carbocycles. The van der Waals surface area contributed by atoms with Crippen LogP contribution in [0.4, 0.5) is 10.2 Å². The number of carbonyl (C=O) groups excluding carboxylic acids is 1. The molecular weight excluding hydrogens is 419 g/mol. The first-order valence-electron chi connectivity index (χ1n) is 9.49. The van der Waals surface area contributed by atoms with Crippen LogP contribution < -0.4 is 21.9 Å². The number of hydrogen-bond donors (Lipinski definition) is 2. The van der Waals surface area contributed by atoms with E-state index < -0.39 is 11.2 Å². The first-order chi connectivity index (χ1) is 14.9. The van der Waals surface area contributed by atoms with Gasteiger partial charge < -0.3 is 10.6 Å². The van der Waals surface area contributed by atoms with Crippen LogP contribution in [0, 0.1) is 5.82 Å². The number of nitrogens with zero attached hydrogens (tertiary/aromatic N) is 2. The number of carbonyl (C=O) groups is 1. The Morgan fingerprint density at radius 3 is 2.48 bits per heavy atom. The summed E-state index contributed by atoms with van der Waals surface area (Å²) in [5.41, 5.74) is 0.662. The number of thioether (sulfide) groups is 1. The van der Waals surface area contributed by atoms with E-state index in [1.807, 2.05) is 30.3 Å². The van der Waals surface area contributed by atoms with Gasteiger partial charge in [-0.25, -0.2) is 9.18 Å². The SMILES string of the molecule is Cn1c2c(c(=O)n(Cc3ccccc3)c1=O)SC(C(=O)NCc1ccc(F)cc1)=CN2. The summed E-state index contributed by atoms with van der Waals surface area (Å²) >= 11 is 1.01. The van der Waals surface area contributed by atoms with Crippen molar-refractivity contribution < 1.29 is 9.18 Å². The third kappa shape index (κ3) is 4.31. The predicted octanol–water partition coefficient (Wildman–Crippen LogP) is 2.41. The molecule has 9 heteroatoms. The Morgan fingerprint density at radius 2 is 1.77 bits per heavy atom. The van der Waals surface area contributed by atoms with E-state index in [9.17, 15) is 18.8 Å². The van der Waals surface area contributed by atoms with Crippen LogP contribution in [-0.4, -0.2) is 15.0 Å². The van der Waals surface area contributed by atoms with Gasteiger partial charge in [0.25, 0.3) is 11.5 Å². The number of halogens is 1. The Balaban J connectivity index is 1.56. The molecule has 31 heavy (non-hydrogen) atoms. The van der Waals surface area contributed by atoms with Crippen LogP contribution in [0.3, 0.4) is 0 Å². The van der Waals surface area contributed by atoms with Gasteiger partial charge >= 0.3 is 5.69 Å². The van der Waals surface area contributed by atoms with Crippen molar-refractivity contribution >= 4 is 23.5 Å². The highest BCUT2D eigenvalue weighted by Gasteiger charge is 2.25. The number of aromatic nitrogens is 2. The Kier molecular flexibility index (Phi) is 5.77. The number of nitrogens with one attached hydrogen (secondary N) is 2. The number of fused-ring (bicyclic) bond motifs is 1. The molecule has 0 saturated carbocycles. The summed E-state index contributed by atoms with van der Waals surface area (Å²) in [6.45, 7) is 0.353. The van der Waals surface area contributed by atoms with Crippen molar-refractivity contribution in [1.82, 2.24) is 14.5 Å². The van der Waals surface area contributed by atoms with Crippen molar-refractivity contribution in [2.24, 2.45) is 7.05 Å². The first-order valence-corrected chi connectivity index (χ1v) is 10.3. The fourth-order valence-electron chi connectivity index (χ4n) is 3.16. The van der Waals surface area contributed by atoms with Crippen molar-refractivity contribution in [3.63, 3.8) is 0 Å². The van der Waals surface area contributed by atoms with E-state index in [1.54, 1.807) is 19.2 Å². The van der Waals surface area contributed by atoms with Gasteiger partial charge in [-0.05, 0) is 23.3 Å². The van der Waals surface area contributed by atoms with Crippen molar-refractivity contribution in [2.75, 3.05) is 5.32 Å². The van der Waals surface area contributed by atoms with E-state index in [0.29, 0.717) is 5.82 Å². The Labute approximate surface area is 181 Å². The fourth-order valence-corrected chi connectivity index (χ4v) is 4.15. The maximum Gasteiger partial charge on any atom is 0.332 e. The molecule has 0 radical (unpaired) electrons. The maximum atomic E-state index is 13.1. The molecule has 7 nitrogen and oxygen atoms in total. The summed E-state index contributed by atoms with van der Waals surface area (Å²) in [7, 11) is 1.57. The van der Waals surface area contributed by atoms with Crippen LogP contribution >= 0.6 is 11.8 Å². The van der Waals surface area contributed by atoms with Gasteiger partial charge in [0.15, 0.2) is 0 Å². The predicted molar refractivity (Wildman–Crippen MR) is 117 cm³/mol. The van der Waals surface area contributed by atoms with Crippen molar-refractivity contribution in [2.45, 2.75) is 18.0 Å². The lowest BCUT2D eigenvalue weighted by Crippen LogP contribution is -2.41. The van der Waals surface area contributed by atoms with Gasteiger partial charge in [-0.2, -0.15) is 0 Å². The molecule has 0 aliphatic carbocycles. The van der Waals surface area contributed by atoms with E-state index in [2.05, 4.69) is 10.6 Å². The van der Waals surface area contributed by atoms with Crippen LogP contribution in [0.5, 0.6) is 0 Å². The van der Waals surface area contributed by atoms with E-state index in [4.69, 9.17) is 0 Å². The average molecular weight is 438 g/mol. The van der Waals surface area contributed by atoms with Crippen molar-refractivity contribution in [3.8, 4) is 0 Å². The minimum Gasteiger partial charge on any atom is -0.347 e. The van der Waals surface area contributed by atoms with Gasteiger partial charge in [0, 0.05) is 19.8 Å². The van der Waals surface area contributed by atoms with Gasteiger partial charge in [0.05, 0.1) is 11.4 Å². The highest BCUT2D eigenvalue weighted by Crippen LogP contribution is 2.33. The fraction of sp³-hybridized carbons (Fsp3) is 0.136. The summed E-state index contributed by atoms with van der Waals surface area (Å²) in [5, 5.41) is 5.65. The second-order valence-corrected chi connectivity index (χ2v) is 8.01. The van der Waals surface area contributed by atoms with Gasteiger partial charge in [-0.15, -0.1) is 0 Å². The van der Waals surface area contributed by atoms with E-state index in [-0.39, 0.29) is 34.6 Å². The molecule has 1 aliphatic rings. The lowest BCUT2D eigenvalue weighted by atomic mass is 10.2. The van der Waals surface area contributed by atoms with Gasteiger partial charge in [0.1, 0.15) is 16.5 Å². The quantitative estimate of drug-likeness (QED) is 0.639. The van der Waals surface area contributed by atoms with Crippen molar-refractivity contribution in [3.05, 3.63) is 103 Å². The first kappa shape index (κ1) is 20.7. The monoisotopic (exact) mass is 438 g/mol. The molecule has 2 N–H and O–H groups in total. The molecule has 1 amide bonds. The molecule has 1 aromatic heterocycles. The number of benzene rings is 2. The largest absolute Gasteiger partial charge is 0.347 e. The molecule has 158 valence electrons. The van der Waals surface area contributed by atoms with Crippen LogP contribution in [-0.2, 0) is 24.9 Å². The summed E-state index contributed by atoms with van der Waals surface area (Å²) in [6, 6.07) is 15.0. The third-order valence-corrected chi connectivity index (χ3v) is 5.93. The molecule has 2 heterocycles. The van der Waals surface area contributed by atoms with Gasteiger partial charge in [-0.1, -0.05) is 54.2 Å². The topological polar surface area (TPSA) is 85.1 Å². The molecule has 0 unspecified atom stereocenters. The lowest BCUT2D eigenvalue weighted by Gasteiger charge is -2.21. The summed E-state index contributed by atoms with van der Waals surface area (Å²) < 4.78 is 15.5. The Morgan fingerprint density at radius 1 is 1.06 bits per heavy atom. The highest BCUT2D eigenvalue weighted by molar-refractivity contribution is 8.04. The molecule has 0 fully saturated rings. The molecule has 3 aromatic rings. The van der Waals surface area contributed by atoms with Crippen LogP contribution in [0.2, 0.25) is 0 Å².